The molecule has 9 nitrogen and oxygen atoms in total. The van der Waals surface area contributed by atoms with Crippen molar-refractivity contribution in [3.8, 4) is 0 Å². The molecule has 9 heteroatoms. The van der Waals surface area contributed by atoms with Gasteiger partial charge in [0, 0.05) is 18.4 Å². The molecule has 0 aromatic heterocycles. The zero-order valence-electron chi connectivity index (χ0n) is 19.8. The molecule has 4 aliphatic rings. The van der Waals surface area contributed by atoms with Crippen molar-refractivity contribution in [1.29, 1.82) is 0 Å². The van der Waals surface area contributed by atoms with E-state index in [0.29, 0.717) is 19.3 Å². The third-order valence-electron chi connectivity index (χ3n) is 9.45. The molecular weight excluding hydrogens is 442 g/mol. The maximum atomic E-state index is 13.1. The predicted molar refractivity (Wildman–Crippen MR) is 120 cm³/mol. The number of Topliss-reactive ketones (excluding diaryl/α,β-unsaturated/α-hetero) is 1. The third-order valence-corrected chi connectivity index (χ3v) is 9.45. The molecule has 0 aromatic rings. The highest BCUT2D eigenvalue weighted by Crippen LogP contribution is 2.67. The monoisotopic (exact) mass is 477 g/mol. The summed E-state index contributed by atoms with van der Waals surface area (Å²) in [5.74, 6) is -1.37. The fourth-order valence-corrected chi connectivity index (χ4v) is 7.72. The van der Waals surface area contributed by atoms with Gasteiger partial charge in [0.05, 0.1) is 12.5 Å². The number of nitrogens with one attached hydrogen (secondary N) is 1. The minimum absolute atomic E-state index is 0.0209. The lowest BCUT2D eigenvalue weighted by Crippen LogP contribution is -2.62. The molecule has 0 heterocycles. The van der Waals surface area contributed by atoms with Gasteiger partial charge in [-0.3, -0.25) is 14.4 Å². The van der Waals surface area contributed by atoms with Gasteiger partial charge < -0.3 is 25.4 Å². The lowest BCUT2D eigenvalue weighted by Gasteiger charge is -2.60. The first-order valence-corrected chi connectivity index (χ1v) is 12.2. The van der Waals surface area contributed by atoms with Gasteiger partial charge in [-0.15, -0.1) is 0 Å². The zero-order chi connectivity index (χ0) is 24.9. The number of fused-ring (bicyclic) bond motifs is 5. The van der Waals surface area contributed by atoms with Crippen molar-refractivity contribution in [3.05, 3.63) is 11.6 Å². The van der Waals surface area contributed by atoms with Crippen LogP contribution < -0.4 is 5.32 Å². The molecule has 188 valence electrons. The number of carboxylic acid groups (broad SMARTS) is 1. The number of ketones is 2. The number of rotatable bonds is 6. The van der Waals surface area contributed by atoms with Gasteiger partial charge in [0.1, 0.15) is 5.60 Å². The number of alkyl carbamates (subject to hydrolysis) is 1. The Bertz CT molecular complexity index is 930. The Balaban J connectivity index is 1.49. The maximum absolute atomic E-state index is 13.1. The standard InChI is InChI=1S/C25H35NO8/c1-23-8-5-15(27)11-14(23)3-4-16-17-6-9-25(33,24(17,2)12-18(28)21(16)23)19(29)13-34-22(32)26-10-7-20(30)31/h11,16-18,21,28,33H,3-10,12-13H2,1-2H3,(H,26,32)(H,30,31). The van der Waals surface area contributed by atoms with Gasteiger partial charge in [0.25, 0.3) is 0 Å². The van der Waals surface area contributed by atoms with Gasteiger partial charge in [-0.25, -0.2) is 4.79 Å². The molecule has 0 saturated heterocycles. The van der Waals surface area contributed by atoms with Gasteiger partial charge in [-0.2, -0.15) is 0 Å². The number of hydrogen-bond acceptors (Lipinski definition) is 7. The topological polar surface area (TPSA) is 150 Å². The third kappa shape index (κ3) is 3.86. The van der Waals surface area contributed by atoms with Crippen molar-refractivity contribution >= 4 is 23.6 Å². The summed E-state index contributed by atoms with van der Waals surface area (Å²) in [4.78, 5) is 47.5. The van der Waals surface area contributed by atoms with Gasteiger partial charge in [0.2, 0.25) is 5.78 Å². The smallest absolute Gasteiger partial charge is 0.407 e. The molecular formula is C25H35NO8. The fraction of sp³-hybridized carbons (Fsp3) is 0.760. The van der Waals surface area contributed by atoms with Crippen LogP contribution in [-0.4, -0.2) is 63.8 Å². The predicted octanol–water partition coefficient (Wildman–Crippen LogP) is 1.99. The molecule has 0 radical (unpaired) electrons. The maximum Gasteiger partial charge on any atom is 0.407 e. The van der Waals surface area contributed by atoms with Crippen molar-refractivity contribution in [2.24, 2.45) is 28.6 Å². The number of allylic oxidation sites excluding steroid dienone is 1. The molecule has 3 fully saturated rings. The van der Waals surface area contributed by atoms with E-state index < -0.39 is 41.6 Å². The average Bonchev–Trinajstić information content (AvgIpc) is 3.03. The lowest BCUT2D eigenvalue weighted by molar-refractivity contribution is -0.182. The van der Waals surface area contributed by atoms with E-state index in [1.54, 1.807) is 6.08 Å². The Labute approximate surface area is 198 Å². The minimum atomic E-state index is -1.72. The lowest BCUT2D eigenvalue weighted by atomic mass is 9.45. The zero-order valence-corrected chi connectivity index (χ0v) is 19.8. The van der Waals surface area contributed by atoms with E-state index in [2.05, 4.69) is 12.2 Å². The van der Waals surface area contributed by atoms with Crippen molar-refractivity contribution in [1.82, 2.24) is 5.32 Å². The van der Waals surface area contributed by atoms with Crippen LogP contribution in [0.15, 0.2) is 11.6 Å². The first-order chi connectivity index (χ1) is 15.9. The number of carboxylic acids is 1. The Morgan fingerprint density at radius 1 is 1.18 bits per heavy atom. The summed E-state index contributed by atoms with van der Waals surface area (Å²) >= 11 is 0. The second kappa shape index (κ2) is 8.75. The number of carbonyl (C=O) groups is 4. The Morgan fingerprint density at radius 2 is 1.91 bits per heavy atom. The van der Waals surface area contributed by atoms with Crippen LogP contribution in [0.25, 0.3) is 0 Å². The molecule has 7 unspecified atom stereocenters. The molecule has 34 heavy (non-hydrogen) atoms. The highest BCUT2D eigenvalue weighted by molar-refractivity contribution is 5.92. The van der Waals surface area contributed by atoms with Crippen LogP contribution >= 0.6 is 0 Å². The fourth-order valence-electron chi connectivity index (χ4n) is 7.72. The molecule has 7 atom stereocenters. The van der Waals surface area contributed by atoms with Crippen LogP contribution in [0.1, 0.15) is 65.2 Å². The van der Waals surface area contributed by atoms with E-state index in [0.717, 1.165) is 18.4 Å². The van der Waals surface area contributed by atoms with Crippen LogP contribution in [0, 0.1) is 28.6 Å². The molecule has 4 aliphatic carbocycles. The SMILES string of the molecule is CC12CCC(=O)C=C1CCC1C2C(O)CC2(C)C1CCC2(O)C(=O)COC(=O)NCCC(=O)O. The van der Waals surface area contributed by atoms with E-state index in [9.17, 15) is 29.4 Å². The average molecular weight is 478 g/mol. The summed E-state index contributed by atoms with van der Waals surface area (Å²) in [7, 11) is 0. The second-order valence-corrected chi connectivity index (χ2v) is 11.0. The summed E-state index contributed by atoms with van der Waals surface area (Å²) < 4.78 is 4.96. The van der Waals surface area contributed by atoms with Crippen molar-refractivity contribution in [2.75, 3.05) is 13.2 Å². The van der Waals surface area contributed by atoms with Crippen LogP contribution in [0.4, 0.5) is 4.79 Å². The van der Waals surface area contributed by atoms with Crippen LogP contribution in [-0.2, 0) is 19.1 Å². The highest BCUT2D eigenvalue weighted by atomic mass is 16.6. The molecule has 1 amide bonds. The molecule has 0 aromatic carbocycles. The summed E-state index contributed by atoms with van der Waals surface area (Å²) in [6, 6.07) is 0. The number of aliphatic hydroxyl groups excluding tert-OH is 1. The number of aliphatic carboxylic acids is 1. The van der Waals surface area contributed by atoms with Crippen LogP contribution in [0.3, 0.4) is 0 Å². The second-order valence-electron chi connectivity index (χ2n) is 11.0. The summed E-state index contributed by atoms with van der Waals surface area (Å²) in [5, 5.41) is 33.9. The van der Waals surface area contributed by atoms with Crippen LogP contribution in [0.5, 0.6) is 0 Å². The number of amides is 1. The molecule has 3 saturated carbocycles. The van der Waals surface area contributed by atoms with Gasteiger partial charge in [-0.1, -0.05) is 19.4 Å². The summed E-state index contributed by atoms with van der Waals surface area (Å²) in [6.07, 6.45) is 3.82. The summed E-state index contributed by atoms with van der Waals surface area (Å²) in [5.41, 5.74) is -1.70. The number of hydrogen-bond donors (Lipinski definition) is 4. The number of carbonyl (C=O) groups excluding carboxylic acids is 3. The first-order valence-electron chi connectivity index (χ1n) is 12.2. The highest BCUT2D eigenvalue weighted by Gasteiger charge is 2.68. The molecule has 0 aliphatic heterocycles. The largest absolute Gasteiger partial charge is 0.481 e. The van der Waals surface area contributed by atoms with E-state index in [1.807, 2.05) is 6.92 Å². The number of ether oxygens (including phenoxy) is 1. The molecule has 4 rings (SSSR count). The van der Waals surface area contributed by atoms with Crippen molar-refractivity contribution < 1.29 is 39.2 Å². The van der Waals surface area contributed by atoms with Gasteiger partial charge >= 0.3 is 12.1 Å². The molecule has 0 bridgehead atoms. The van der Waals surface area contributed by atoms with Crippen molar-refractivity contribution in [2.45, 2.75) is 76.9 Å². The Hall–Kier alpha value is -2.26. The van der Waals surface area contributed by atoms with Crippen molar-refractivity contribution in [3.63, 3.8) is 0 Å². The van der Waals surface area contributed by atoms with E-state index >= 15 is 0 Å². The van der Waals surface area contributed by atoms with E-state index in [4.69, 9.17) is 9.84 Å². The minimum Gasteiger partial charge on any atom is -0.481 e. The Morgan fingerprint density at radius 3 is 2.62 bits per heavy atom. The molecule has 0 spiro atoms. The summed E-state index contributed by atoms with van der Waals surface area (Å²) in [6.45, 7) is 3.28. The van der Waals surface area contributed by atoms with E-state index in [-0.39, 0.29) is 54.8 Å². The van der Waals surface area contributed by atoms with Crippen LogP contribution in [0.2, 0.25) is 0 Å². The first kappa shape index (κ1) is 24.9. The number of aliphatic hydroxyl groups is 2. The molecule has 4 N–H and O–H groups in total. The van der Waals surface area contributed by atoms with Gasteiger partial charge in [-0.05, 0) is 67.8 Å². The quantitative estimate of drug-likeness (QED) is 0.454. The normalized spacial score (nSPS) is 40.9. The Kier molecular flexibility index (Phi) is 6.40. The van der Waals surface area contributed by atoms with Gasteiger partial charge in [0.15, 0.2) is 12.4 Å². The van der Waals surface area contributed by atoms with E-state index in [1.165, 1.54) is 0 Å².